The van der Waals surface area contributed by atoms with Crippen LogP contribution in [-0.4, -0.2) is 22.4 Å². The Balaban J connectivity index is 2.55. The minimum absolute atomic E-state index is 0.285. The lowest BCUT2D eigenvalue weighted by Gasteiger charge is -2.16. The Morgan fingerprint density at radius 1 is 1.41 bits per heavy atom. The Morgan fingerprint density at radius 2 is 2.18 bits per heavy atom. The van der Waals surface area contributed by atoms with E-state index in [0.29, 0.717) is 24.0 Å². The van der Waals surface area contributed by atoms with E-state index in [4.69, 9.17) is 11.6 Å². The van der Waals surface area contributed by atoms with E-state index < -0.39 is 0 Å². The second kappa shape index (κ2) is 7.43. The first-order valence-corrected chi connectivity index (χ1v) is 6.49. The maximum Gasteiger partial charge on any atom is 0.186 e. The van der Waals surface area contributed by atoms with Gasteiger partial charge in [-0.2, -0.15) is 0 Å². The molecule has 0 aliphatic rings. The molecule has 1 aromatic rings. The molecule has 3 nitrogen and oxygen atoms in total. The fourth-order valence-corrected chi connectivity index (χ4v) is 2.04. The second-order valence-electron chi connectivity index (χ2n) is 4.13. The molecule has 0 aromatic carbocycles. The molecule has 1 N–H and O–H groups in total. The molecule has 17 heavy (non-hydrogen) atoms. The summed E-state index contributed by atoms with van der Waals surface area (Å²) in [5.74, 6) is 1.02. The van der Waals surface area contributed by atoms with Gasteiger partial charge in [0.15, 0.2) is 11.6 Å². The van der Waals surface area contributed by atoms with Crippen molar-refractivity contribution in [2.75, 3.05) is 17.7 Å². The van der Waals surface area contributed by atoms with Crippen LogP contribution in [0.15, 0.2) is 6.33 Å². The first-order chi connectivity index (χ1) is 8.19. The standard InChI is InChI=1S/C12H19ClFN3/c1-3-4-10(5-6-13)7-15-12-11(14)9(2)16-8-17-12/h8,10H,3-7H2,1-2H3,(H,15,16,17). The molecule has 0 amide bonds. The van der Waals surface area contributed by atoms with Crippen molar-refractivity contribution >= 4 is 17.4 Å². The van der Waals surface area contributed by atoms with Crippen LogP contribution in [0.5, 0.6) is 0 Å². The second-order valence-corrected chi connectivity index (χ2v) is 4.51. The highest BCUT2D eigenvalue weighted by atomic mass is 35.5. The monoisotopic (exact) mass is 259 g/mol. The lowest BCUT2D eigenvalue weighted by molar-refractivity contribution is 0.487. The number of aryl methyl sites for hydroxylation is 1. The molecule has 0 aliphatic heterocycles. The molecule has 0 bridgehead atoms. The molecule has 0 aliphatic carbocycles. The number of aromatic nitrogens is 2. The van der Waals surface area contributed by atoms with Gasteiger partial charge in [-0.3, -0.25) is 0 Å². The Hall–Kier alpha value is -0.900. The first-order valence-electron chi connectivity index (χ1n) is 5.96. The van der Waals surface area contributed by atoms with Crippen molar-refractivity contribution < 1.29 is 4.39 Å². The normalized spacial score (nSPS) is 12.5. The third kappa shape index (κ3) is 4.46. The molecule has 1 aromatic heterocycles. The lowest BCUT2D eigenvalue weighted by Crippen LogP contribution is -2.17. The summed E-state index contributed by atoms with van der Waals surface area (Å²) in [5.41, 5.74) is 0.367. The van der Waals surface area contributed by atoms with Gasteiger partial charge in [0.05, 0.1) is 5.69 Å². The van der Waals surface area contributed by atoms with Crippen LogP contribution in [0.4, 0.5) is 10.2 Å². The van der Waals surface area contributed by atoms with E-state index in [9.17, 15) is 4.39 Å². The molecular weight excluding hydrogens is 241 g/mol. The van der Waals surface area contributed by atoms with Crippen molar-refractivity contribution in [1.29, 1.82) is 0 Å². The maximum atomic E-state index is 13.6. The van der Waals surface area contributed by atoms with Gasteiger partial charge in [0.1, 0.15) is 6.33 Å². The molecule has 0 fully saturated rings. The number of nitrogens with one attached hydrogen (secondary N) is 1. The molecular formula is C12H19ClFN3. The highest BCUT2D eigenvalue weighted by Gasteiger charge is 2.11. The molecule has 5 heteroatoms. The van der Waals surface area contributed by atoms with Crippen LogP contribution in [0.2, 0.25) is 0 Å². The van der Waals surface area contributed by atoms with E-state index in [2.05, 4.69) is 22.2 Å². The Morgan fingerprint density at radius 3 is 2.82 bits per heavy atom. The lowest BCUT2D eigenvalue weighted by atomic mass is 10.0. The molecule has 0 spiro atoms. The van der Waals surface area contributed by atoms with Gasteiger partial charge >= 0.3 is 0 Å². The topological polar surface area (TPSA) is 37.8 Å². The van der Waals surface area contributed by atoms with Crippen molar-refractivity contribution in [2.24, 2.45) is 5.92 Å². The van der Waals surface area contributed by atoms with Crippen LogP contribution in [0.1, 0.15) is 31.9 Å². The van der Waals surface area contributed by atoms with Crippen molar-refractivity contribution in [3.05, 3.63) is 17.8 Å². The minimum Gasteiger partial charge on any atom is -0.367 e. The number of rotatable bonds is 7. The number of hydrogen-bond acceptors (Lipinski definition) is 3. The van der Waals surface area contributed by atoms with Gasteiger partial charge in [-0.25, -0.2) is 14.4 Å². The number of hydrogen-bond donors (Lipinski definition) is 1. The van der Waals surface area contributed by atoms with Gasteiger partial charge in [0, 0.05) is 12.4 Å². The number of nitrogens with zero attached hydrogens (tertiary/aromatic N) is 2. The molecule has 0 radical (unpaired) electrons. The largest absolute Gasteiger partial charge is 0.367 e. The van der Waals surface area contributed by atoms with Crippen molar-refractivity contribution in [3.8, 4) is 0 Å². The van der Waals surface area contributed by atoms with E-state index in [-0.39, 0.29) is 11.6 Å². The average Bonchev–Trinajstić information content (AvgIpc) is 2.31. The quantitative estimate of drug-likeness (QED) is 0.763. The van der Waals surface area contributed by atoms with Gasteiger partial charge in [-0.1, -0.05) is 13.3 Å². The molecule has 96 valence electrons. The Kier molecular flexibility index (Phi) is 6.19. The van der Waals surface area contributed by atoms with Gasteiger partial charge < -0.3 is 5.32 Å². The average molecular weight is 260 g/mol. The van der Waals surface area contributed by atoms with Gasteiger partial charge in [-0.05, 0) is 25.7 Å². The third-order valence-electron chi connectivity index (χ3n) is 2.74. The fourth-order valence-electron chi connectivity index (χ4n) is 1.73. The Labute approximate surface area is 107 Å². The van der Waals surface area contributed by atoms with Crippen LogP contribution in [-0.2, 0) is 0 Å². The fraction of sp³-hybridized carbons (Fsp3) is 0.667. The molecule has 1 unspecified atom stereocenters. The van der Waals surface area contributed by atoms with Crippen molar-refractivity contribution in [1.82, 2.24) is 9.97 Å². The van der Waals surface area contributed by atoms with Crippen molar-refractivity contribution in [3.63, 3.8) is 0 Å². The SMILES string of the molecule is CCCC(CCCl)CNc1ncnc(C)c1F. The van der Waals surface area contributed by atoms with Crippen LogP contribution < -0.4 is 5.32 Å². The zero-order valence-electron chi connectivity index (χ0n) is 10.3. The summed E-state index contributed by atoms with van der Waals surface area (Å²) in [5, 5.41) is 3.04. The van der Waals surface area contributed by atoms with E-state index >= 15 is 0 Å². The summed E-state index contributed by atoms with van der Waals surface area (Å²) in [7, 11) is 0. The number of anilines is 1. The van der Waals surface area contributed by atoms with E-state index in [1.807, 2.05) is 0 Å². The van der Waals surface area contributed by atoms with Crippen LogP contribution in [0, 0.1) is 18.7 Å². The predicted molar refractivity (Wildman–Crippen MR) is 69.0 cm³/mol. The number of halogens is 2. The molecule has 1 atom stereocenters. The van der Waals surface area contributed by atoms with E-state index in [0.717, 1.165) is 19.3 Å². The summed E-state index contributed by atoms with van der Waals surface area (Å²) in [6.07, 6.45) is 4.51. The first kappa shape index (κ1) is 14.2. The third-order valence-corrected chi connectivity index (χ3v) is 2.95. The van der Waals surface area contributed by atoms with Gasteiger partial charge in [0.2, 0.25) is 0 Å². The highest BCUT2D eigenvalue weighted by molar-refractivity contribution is 6.17. The zero-order chi connectivity index (χ0) is 12.7. The van der Waals surface area contributed by atoms with Gasteiger partial charge in [0.25, 0.3) is 0 Å². The summed E-state index contributed by atoms with van der Waals surface area (Å²) in [6.45, 7) is 4.47. The highest BCUT2D eigenvalue weighted by Crippen LogP contribution is 2.16. The summed E-state index contributed by atoms with van der Waals surface area (Å²) < 4.78 is 13.6. The summed E-state index contributed by atoms with van der Waals surface area (Å²) >= 11 is 5.74. The summed E-state index contributed by atoms with van der Waals surface area (Å²) in [6, 6.07) is 0. The predicted octanol–water partition coefficient (Wildman–Crippen LogP) is 3.38. The van der Waals surface area contributed by atoms with Crippen LogP contribution >= 0.6 is 11.6 Å². The zero-order valence-corrected chi connectivity index (χ0v) is 11.1. The Bertz CT molecular complexity index is 341. The smallest absolute Gasteiger partial charge is 0.186 e. The minimum atomic E-state index is -0.367. The van der Waals surface area contributed by atoms with E-state index in [1.165, 1.54) is 6.33 Å². The molecule has 1 rings (SSSR count). The number of alkyl halides is 1. The van der Waals surface area contributed by atoms with Crippen molar-refractivity contribution in [2.45, 2.75) is 33.1 Å². The molecule has 0 saturated heterocycles. The molecule has 0 saturated carbocycles. The molecule has 1 heterocycles. The van der Waals surface area contributed by atoms with Crippen LogP contribution in [0.25, 0.3) is 0 Å². The summed E-state index contributed by atoms with van der Waals surface area (Å²) in [4.78, 5) is 7.69. The van der Waals surface area contributed by atoms with Gasteiger partial charge in [-0.15, -0.1) is 11.6 Å². The maximum absolute atomic E-state index is 13.6. The van der Waals surface area contributed by atoms with Crippen LogP contribution in [0.3, 0.4) is 0 Å². The van der Waals surface area contributed by atoms with E-state index in [1.54, 1.807) is 6.92 Å².